The highest BCUT2D eigenvalue weighted by molar-refractivity contribution is 5.92. The van der Waals surface area contributed by atoms with Crippen LogP contribution in [0.5, 0.6) is 5.75 Å². The van der Waals surface area contributed by atoms with Gasteiger partial charge >= 0.3 is 0 Å². The Balaban J connectivity index is 1.60. The second kappa shape index (κ2) is 9.74. The van der Waals surface area contributed by atoms with E-state index < -0.39 is 0 Å². The van der Waals surface area contributed by atoms with Gasteiger partial charge in [-0.05, 0) is 61.3 Å². The number of piperidine rings is 1. The van der Waals surface area contributed by atoms with E-state index in [9.17, 15) is 9.18 Å². The van der Waals surface area contributed by atoms with Crippen LogP contribution in [-0.4, -0.2) is 41.0 Å². The maximum Gasteiger partial charge on any atom is 0.238 e. The van der Waals surface area contributed by atoms with Gasteiger partial charge in [-0.15, -0.1) is 0 Å². The number of amides is 1. The second-order valence-corrected chi connectivity index (χ2v) is 7.80. The van der Waals surface area contributed by atoms with Crippen LogP contribution in [0.2, 0.25) is 0 Å². The van der Waals surface area contributed by atoms with Crippen molar-refractivity contribution >= 4 is 17.5 Å². The fourth-order valence-corrected chi connectivity index (χ4v) is 4.08. The molecule has 0 spiro atoms. The number of hydrogen-bond acceptors (Lipinski definition) is 6. The van der Waals surface area contributed by atoms with Crippen LogP contribution in [-0.2, 0) is 4.79 Å². The largest absolute Gasteiger partial charge is 0.497 e. The molecule has 2 heterocycles. The molecule has 4 rings (SSSR count). The molecule has 1 unspecified atom stereocenters. The monoisotopic (exact) mass is 435 g/mol. The van der Waals surface area contributed by atoms with Gasteiger partial charge in [0.2, 0.25) is 11.9 Å². The van der Waals surface area contributed by atoms with Crippen molar-refractivity contribution in [2.45, 2.75) is 25.3 Å². The molecule has 1 aliphatic heterocycles. The molecule has 1 aromatic heterocycles. The number of nitrogens with two attached hydrogens (primary N) is 1. The number of carbonyl (C=O) groups excluding carboxylic acids is 1. The first kappa shape index (κ1) is 21.7. The van der Waals surface area contributed by atoms with E-state index in [1.165, 1.54) is 12.1 Å². The predicted octanol–water partition coefficient (Wildman–Crippen LogP) is 4.04. The normalized spacial score (nSPS) is 16.5. The lowest BCUT2D eigenvalue weighted by Gasteiger charge is -2.35. The van der Waals surface area contributed by atoms with Gasteiger partial charge in [-0.1, -0.05) is 18.6 Å². The zero-order valence-electron chi connectivity index (χ0n) is 17.9. The summed E-state index contributed by atoms with van der Waals surface area (Å²) in [4.78, 5) is 23.6. The fraction of sp³-hybridized carbons (Fsp3) is 0.292. The molecule has 8 heteroatoms. The van der Waals surface area contributed by atoms with Crippen LogP contribution in [0.25, 0.3) is 11.1 Å². The number of likely N-dealkylation sites (tertiary alicyclic amines) is 1. The number of hydrogen-bond donors (Lipinski definition) is 2. The van der Waals surface area contributed by atoms with Crippen LogP contribution < -0.4 is 15.8 Å². The molecule has 166 valence electrons. The van der Waals surface area contributed by atoms with Crippen molar-refractivity contribution in [3.05, 3.63) is 66.2 Å². The standard InChI is InChI=1S/C24H26FN5O2/c1-32-19-6-4-5-16(13-19)20-14-27-24(26)29-23(20)21-7-2-3-12-30(21)15-22(31)28-18-10-8-17(25)9-11-18/h4-6,8-11,13-14,21H,2-3,7,12,15H2,1H3,(H,28,31)(H2,26,27,29). The highest BCUT2D eigenvalue weighted by Crippen LogP contribution is 2.36. The summed E-state index contributed by atoms with van der Waals surface area (Å²) in [6.45, 7) is 0.965. The van der Waals surface area contributed by atoms with Gasteiger partial charge in [-0.25, -0.2) is 14.4 Å². The van der Waals surface area contributed by atoms with Crippen molar-refractivity contribution in [2.24, 2.45) is 0 Å². The third-order valence-electron chi connectivity index (χ3n) is 5.62. The Bertz CT molecular complexity index is 1090. The van der Waals surface area contributed by atoms with E-state index in [1.54, 1.807) is 25.4 Å². The summed E-state index contributed by atoms with van der Waals surface area (Å²) >= 11 is 0. The van der Waals surface area contributed by atoms with E-state index >= 15 is 0 Å². The molecule has 1 amide bonds. The molecule has 1 fully saturated rings. The zero-order chi connectivity index (χ0) is 22.5. The maximum atomic E-state index is 13.1. The number of nitrogens with one attached hydrogen (secondary N) is 1. The van der Waals surface area contributed by atoms with Gasteiger partial charge in [0.15, 0.2) is 0 Å². The van der Waals surface area contributed by atoms with E-state index in [0.29, 0.717) is 5.69 Å². The molecule has 0 aliphatic carbocycles. The Morgan fingerprint density at radius 2 is 2.06 bits per heavy atom. The average Bonchev–Trinajstić information content (AvgIpc) is 2.81. The minimum atomic E-state index is -0.342. The number of ether oxygens (including phenoxy) is 1. The first-order chi connectivity index (χ1) is 15.5. The number of halogens is 1. The molecule has 2 aromatic carbocycles. The summed E-state index contributed by atoms with van der Waals surface area (Å²) in [6.07, 6.45) is 4.62. The van der Waals surface area contributed by atoms with Crippen LogP contribution in [0.3, 0.4) is 0 Å². The second-order valence-electron chi connectivity index (χ2n) is 7.80. The molecule has 3 N–H and O–H groups in total. The lowest BCUT2D eigenvalue weighted by Crippen LogP contribution is -2.40. The van der Waals surface area contributed by atoms with Gasteiger partial charge in [0.25, 0.3) is 0 Å². The summed E-state index contributed by atoms with van der Waals surface area (Å²) in [5.74, 6) is 0.441. The Morgan fingerprint density at radius 3 is 2.84 bits per heavy atom. The van der Waals surface area contributed by atoms with Crippen LogP contribution in [0.1, 0.15) is 31.0 Å². The Hall–Kier alpha value is -3.52. The minimum absolute atomic E-state index is 0.0748. The molecule has 7 nitrogen and oxygen atoms in total. The van der Waals surface area contributed by atoms with Gasteiger partial charge in [-0.2, -0.15) is 0 Å². The highest BCUT2D eigenvalue weighted by Gasteiger charge is 2.29. The number of rotatable bonds is 6. The fourth-order valence-electron chi connectivity index (χ4n) is 4.08. The number of aromatic nitrogens is 2. The number of nitrogens with zero attached hydrogens (tertiary/aromatic N) is 3. The molecule has 1 saturated heterocycles. The first-order valence-corrected chi connectivity index (χ1v) is 10.6. The molecule has 0 saturated carbocycles. The van der Waals surface area contributed by atoms with Gasteiger partial charge in [0.05, 0.1) is 25.4 Å². The van der Waals surface area contributed by atoms with Crippen molar-refractivity contribution in [3.63, 3.8) is 0 Å². The van der Waals surface area contributed by atoms with E-state index in [0.717, 1.165) is 48.4 Å². The van der Waals surface area contributed by atoms with Crippen LogP contribution in [0, 0.1) is 5.82 Å². The number of nitrogen functional groups attached to an aromatic ring is 1. The molecule has 0 radical (unpaired) electrons. The summed E-state index contributed by atoms with van der Waals surface area (Å²) in [7, 11) is 1.63. The smallest absolute Gasteiger partial charge is 0.238 e. The minimum Gasteiger partial charge on any atom is -0.497 e. The zero-order valence-corrected chi connectivity index (χ0v) is 17.9. The number of anilines is 2. The summed E-state index contributed by atoms with van der Waals surface area (Å²) in [5.41, 5.74) is 9.12. The third-order valence-corrected chi connectivity index (χ3v) is 5.62. The topological polar surface area (TPSA) is 93.4 Å². The molecular weight excluding hydrogens is 409 g/mol. The van der Waals surface area contributed by atoms with Gasteiger partial charge in [0.1, 0.15) is 11.6 Å². The molecule has 3 aromatic rings. The van der Waals surface area contributed by atoms with Gasteiger partial charge in [0, 0.05) is 17.4 Å². The van der Waals surface area contributed by atoms with Crippen molar-refractivity contribution in [3.8, 4) is 16.9 Å². The summed E-state index contributed by atoms with van der Waals surface area (Å²) in [6, 6.07) is 13.4. The Kier molecular flexibility index (Phi) is 6.61. The maximum absolute atomic E-state index is 13.1. The molecule has 0 bridgehead atoms. The van der Waals surface area contributed by atoms with E-state index in [1.807, 2.05) is 24.3 Å². The van der Waals surface area contributed by atoms with E-state index in [4.69, 9.17) is 10.5 Å². The van der Waals surface area contributed by atoms with Gasteiger partial charge < -0.3 is 15.8 Å². The number of methoxy groups -OCH3 is 1. The van der Waals surface area contributed by atoms with Crippen molar-refractivity contribution in [1.29, 1.82) is 0 Å². The third kappa shape index (κ3) is 5.03. The SMILES string of the molecule is COc1cccc(-c2cnc(N)nc2C2CCCCN2CC(=O)Nc2ccc(F)cc2)c1. The molecule has 1 atom stereocenters. The number of carbonyl (C=O) groups is 1. The average molecular weight is 436 g/mol. The molecule has 32 heavy (non-hydrogen) atoms. The van der Waals surface area contributed by atoms with Crippen molar-refractivity contribution in [2.75, 3.05) is 31.2 Å². The van der Waals surface area contributed by atoms with Crippen molar-refractivity contribution < 1.29 is 13.9 Å². The Morgan fingerprint density at radius 1 is 1.25 bits per heavy atom. The van der Waals surface area contributed by atoms with Gasteiger partial charge in [-0.3, -0.25) is 9.69 Å². The quantitative estimate of drug-likeness (QED) is 0.607. The molecular formula is C24H26FN5O2. The highest BCUT2D eigenvalue weighted by atomic mass is 19.1. The summed E-state index contributed by atoms with van der Waals surface area (Å²) < 4.78 is 18.5. The predicted molar refractivity (Wildman–Crippen MR) is 122 cm³/mol. The summed E-state index contributed by atoms with van der Waals surface area (Å²) in [5, 5.41) is 2.84. The first-order valence-electron chi connectivity index (χ1n) is 10.6. The van der Waals surface area contributed by atoms with Crippen molar-refractivity contribution in [1.82, 2.24) is 14.9 Å². The Labute approximate surface area is 186 Å². The number of benzene rings is 2. The van der Waals surface area contributed by atoms with Crippen LogP contribution >= 0.6 is 0 Å². The lowest BCUT2D eigenvalue weighted by atomic mass is 9.93. The van der Waals surface area contributed by atoms with E-state index in [2.05, 4.69) is 20.2 Å². The lowest BCUT2D eigenvalue weighted by molar-refractivity contribution is -0.118. The van der Waals surface area contributed by atoms with E-state index in [-0.39, 0.29) is 30.3 Å². The van der Waals surface area contributed by atoms with Crippen LogP contribution in [0.15, 0.2) is 54.7 Å². The molecule has 1 aliphatic rings. The van der Waals surface area contributed by atoms with Crippen LogP contribution in [0.4, 0.5) is 16.0 Å².